The first-order chi connectivity index (χ1) is 9.81. The molecule has 1 saturated heterocycles. The van der Waals surface area contributed by atoms with Crippen molar-refractivity contribution in [2.75, 3.05) is 13.1 Å². The number of hydrogen-bond donors (Lipinski definition) is 1. The van der Waals surface area contributed by atoms with Crippen molar-refractivity contribution in [3.8, 4) is 0 Å². The fraction of sp³-hybridized carbons (Fsp3) is 0.941. The Balaban J connectivity index is 1.90. The van der Waals surface area contributed by atoms with E-state index in [9.17, 15) is 4.79 Å². The summed E-state index contributed by atoms with van der Waals surface area (Å²) >= 11 is 0. The smallest absolute Gasteiger partial charge is 0.304 e. The average Bonchev–Trinajstić information content (AvgIpc) is 2.76. The number of carboxylic acids is 1. The van der Waals surface area contributed by atoms with Crippen molar-refractivity contribution in [3.05, 3.63) is 0 Å². The molecule has 122 valence electrons. The van der Waals surface area contributed by atoms with E-state index in [4.69, 9.17) is 9.84 Å². The summed E-state index contributed by atoms with van der Waals surface area (Å²) in [6, 6.07) is 0. The van der Waals surface area contributed by atoms with Crippen LogP contribution in [0.5, 0.6) is 0 Å². The van der Waals surface area contributed by atoms with Gasteiger partial charge in [-0.1, -0.05) is 19.3 Å². The number of nitrogens with zero attached hydrogens (tertiary/aromatic N) is 1. The highest BCUT2D eigenvalue weighted by Gasteiger charge is 2.41. The third-order valence-corrected chi connectivity index (χ3v) is 5.07. The van der Waals surface area contributed by atoms with Gasteiger partial charge < -0.3 is 9.84 Å². The van der Waals surface area contributed by atoms with E-state index < -0.39 is 5.97 Å². The molecule has 1 unspecified atom stereocenters. The highest BCUT2D eigenvalue weighted by Crippen LogP contribution is 2.42. The Morgan fingerprint density at radius 3 is 2.48 bits per heavy atom. The van der Waals surface area contributed by atoms with E-state index in [-0.39, 0.29) is 23.7 Å². The van der Waals surface area contributed by atoms with Gasteiger partial charge in [0.2, 0.25) is 0 Å². The minimum absolute atomic E-state index is 0.0128. The van der Waals surface area contributed by atoms with Crippen LogP contribution in [0.3, 0.4) is 0 Å². The van der Waals surface area contributed by atoms with E-state index >= 15 is 0 Å². The van der Waals surface area contributed by atoms with Crippen LogP contribution in [-0.2, 0) is 9.53 Å². The Labute approximate surface area is 128 Å². The normalized spacial score (nSPS) is 25.6. The summed E-state index contributed by atoms with van der Waals surface area (Å²) in [5, 5.41) is 8.93. The van der Waals surface area contributed by atoms with Gasteiger partial charge in [-0.15, -0.1) is 0 Å². The van der Waals surface area contributed by atoms with Crippen molar-refractivity contribution in [2.24, 2.45) is 0 Å². The van der Waals surface area contributed by atoms with Gasteiger partial charge in [0.15, 0.2) is 0 Å². The third-order valence-electron chi connectivity index (χ3n) is 5.07. The Morgan fingerprint density at radius 2 is 1.90 bits per heavy atom. The summed E-state index contributed by atoms with van der Waals surface area (Å²) < 4.78 is 6.43. The monoisotopic (exact) mass is 297 g/mol. The minimum atomic E-state index is -0.722. The lowest BCUT2D eigenvalue weighted by molar-refractivity contribution is -0.138. The molecular weight excluding hydrogens is 266 g/mol. The summed E-state index contributed by atoms with van der Waals surface area (Å²) in [5.41, 5.74) is 0.139. The molecule has 0 aromatic heterocycles. The maximum Gasteiger partial charge on any atom is 0.304 e. The molecule has 1 heterocycles. The first-order valence-corrected chi connectivity index (χ1v) is 8.45. The zero-order valence-corrected chi connectivity index (χ0v) is 13.9. The van der Waals surface area contributed by atoms with Gasteiger partial charge in [-0.2, -0.15) is 0 Å². The van der Waals surface area contributed by atoms with Crippen molar-refractivity contribution in [2.45, 2.75) is 89.4 Å². The lowest BCUT2D eigenvalue weighted by atomic mass is 9.83. The SMILES string of the molecule is CC(C)(C)N(CCC(=O)O)CC1CCC2(CCCCC2)O1. The van der Waals surface area contributed by atoms with Gasteiger partial charge in [-0.25, -0.2) is 0 Å². The summed E-state index contributed by atoms with van der Waals surface area (Å²) in [6.45, 7) is 7.92. The molecule has 2 aliphatic rings. The highest BCUT2D eigenvalue weighted by atomic mass is 16.5. The molecule has 4 heteroatoms. The number of ether oxygens (including phenoxy) is 1. The van der Waals surface area contributed by atoms with E-state index in [1.165, 1.54) is 38.5 Å². The van der Waals surface area contributed by atoms with Crippen LogP contribution in [-0.4, -0.2) is 46.3 Å². The van der Waals surface area contributed by atoms with Crippen LogP contribution >= 0.6 is 0 Å². The van der Waals surface area contributed by atoms with Gasteiger partial charge >= 0.3 is 5.97 Å². The number of hydrogen-bond acceptors (Lipinski definition) is 3. The van der Waals surface area contributed by atoms with Gasteiger partial charge in [0.1, 0.15) is 0 Å². The molecule has 1 aliphatic heterocycles. The first-order valence-electron chi connectivity index (χ1n) is 8.45. The zero-order valence-electron chi connectivity index (χ0n) is 13.9. The van der Waals surface area contributed by atoms with Gasteiger partial charge in [-0.3, -0.25) is 9.69 Å². The fourth-order valence-electron chi connectivity index (χ4n) is 3.76. The van der Waals surface area contributed by atoms with Crippen LogP contribution < -0.4 is 0 Å². The fourth-order valence-corrected chi connectivity index (χ4v) is 3.76. The quantitative estimate of drug-likeness (QED) is 0.844. The molecule has 4 nitrogen and oxygen atoms in total. The number of carboxylic acid groups (broad SMARTS) is 1. The van der Waals surface area contributed by atoms with Gasteiger partial charge in [-0.05, 0) is 46.5 Å². The molecule has 0 bridgehead atoms. The van der Waals surface area contributed by atoms with E-state index in [0.29, 0.717) is 6.54 Å². The standard InChI is InChI=1S/C17H31NO3/c1-16(2,3)18(12-8-15(19)20)13-14-7-11-17(21-14)9-5-4-6-10-17/h14H,4-13H2,1-3H3,(H,19,20). The maximum absolute atomic E-state index is 10.9. The highest BCUT2D eigenvalue weighted by molar-refractivity contribution is 5.66. The summed E-state index contributed by atoms with van der Waals surface area (Å²) in [4.78, 5) is 13.1. The van der Waals surface area contributed by atoms with E-state index in [1.54, 1.807) is 0 Å². The summed E-state index contributed by atoms with van der Waals surface area (Å²) in [6.07, 6.45) is 9.17. The molecule has 1 spiro atoms. The van der Waals surface area contributed by atoms with Crippen LogP contribution in [0.15, 0.2) is 0 Å². The lowest BCUT2D eigenvalue weighted by Gasteiger charge is -2.38. The van der Waals surface area contributed by atoms with Crippen molar-refractivity contribution in [1.29, 1.82) is 0 Å². The molecule has 0 aromatic carbocycles. The second kappa shape index (κ2) is 6.66. The Bertz CT molecular complexity index is 356. The molecule has 2 rings (SSSR count). The van der Waals surface area contributed by atoms with Gasteiger partial charge in [0.25, 0.3) is 0 Å². The predicted molar refractivity (Wildman–Crippen MR) is 83.5 cm³/mol. The lowest BCUT2D eigenvalue weighted by Crippen LogP contribution is -2.47. The molecule has 21 heavy (non-hydrogen) atoms. The Kier molecular flexibility index (Phi) is 5.31. The Hall–Kier alpha value is -0.610. The molecule has 1 N–H and O–H groups in total. The Morgan fingerprint density at radius 1 is 1.24 bits per heavy atom. The van der Waals surface area contributed by atoms with Crippen LogP contribution in [0.4, 0.5) is 0 Å². The third kappa shape index (κ3) is 4.68. The molecule has 1 aliphatic carbocycles. The number of rotatable bonds is 5. The molecular formula is C17H31NO3. The molecule has 0 amide bonds. The predicted octanol–water partition coefficient (Wildman–Crippen LogP) is 3.44. The van der Waals surface area contributed by atoms with Crippen LogP contribution in [0.2, 0.25) is 0 Å². The molecule has 1 saturated carbocycles. The topological polar surface area (TPSA) is 49.8 Å². The van der Waals surface area contributed by atoms with E-state index in [1.807, 2.05) is 0 Å². The van der Waals surface area contributed by atoms with Crippen LogP contribution in [0.25, 0.3) is 0 Å². The van der Waals surface area contributed by atoms with E-state index in [0.717, 1.165) is 13.0 Å². The minimum Gasteiger partial charge on any atom is -0.481 e. The second-order valence-corrected chi connectivity index (χ2v) is 7.78. The van der Waals surface area contributed by atoms with Crippen molar-refractivity contribution in [1.82, 2.24) is 4.90 Å². The summed E-state index contributed by atoms with van der Waals surface area (Å²) in [5.74, 6) is -0.722. The molecule has 1 atom stereocenters. The molecule has 2 fully saturated rings. The van der Waals surface area contributed by atoms with Crippen LogP contribution in [0.1, 0.15) is 72.1 Å². The molecule has 0 aromatic rings. The maximum atomic E-state index is 10.9. The average molecular weight is 297 g/mol. The second-order valence-electron chi connectivity index (χ2n) is 7.78. The van der Waals surface area contributed by atoms with Gasteiger partial charge in [0.05, 0.1) is 18.1 Å². The zero-order chi connectivity index (χ0) is 15.5. The van der Waals surface area contributed by atoms with Crippen molar-refractivity contribution >= 4 is 5.97 Å². The van der Waals surface area contributed by atoms with E-state index in [2.05, 4.69) is 25.7 Å². The number of carbonyl (C=O) groups is 1. The van der Waals surface area contributed by atoms with Gasteiger partial charge in [0, 0.05) is 18.6 Å². The van der Waals surface area contributed by atoms with Crippen molar-refractivity contribution in [3.63, 3.8) is 0 Å². The largest absolute Gasteiger partial charge is 0.481 e. The first kappa shape index (κ1) is 16.8. The van der Waals surface area contributed by atoms with Crippen molar-refractivity contribution < 1.29 is 14.6 Å². The number of aliphatic carboxylic acids is 1. The molecule has 0 radical (unpaired) electrons. The van der Waals surface area contributed by atoms with Crippen LogP contribution in [0, 0.1) is 0 Å². The summed E-state index contributed by atoms with van der Waals surface area (Å²) in [7, 11) is 0.